The minimum absolute atomic E-state index is 0.0182. The molecule has 2 aliphatic rings. The molecule has 0 amide bonds. The topological polar surface area (TPSA) is 73.0 Å². The van der Waals surface area contributed by atoms with Crippen molar-refractivity contribution in [1.82, 2.24) is 23.6 Å². The highest BCUT2D eigenvalue weighted by atomic mass is 32.2. The molecular formula is C18H27N5O2S. The summed E-state index contributed by atoms with van der Waals surface area (Å²) in [6.07, 6.45) is 8.57. The van der Waals surface area contributed by atoms with Crippen LogP contribution in [0.15, 0.2) is 18.6 Å². The second kappa shape index (κ2) is 6.20. The van der Waals surface area contributed by atoms with Crippen LogP contribution < -0.4 is 0 Å². The second-order valence-electron chi connectivity index (χ2n) is 8.12. The zero-order valence-corrected chi connectivity index (χ0v) is 16.5. The Kier molecular flexibility index (Phi) is 4.23. The van der Waals surface area contributed by atoms with E-state index in [0.29, 0.717) is 13.1 Å². The number of aryl methyl sites for hydroxylation is 1. The molecule has 7 nitrogen and oxygen atoms in total. The monoisotopic (exact) mass is 377 g/mol. The molecule has 0 bridgehead atoms. The Bertz CT molecular complexity index is 904. The first-order valence-electron chi connectivity index (χ1n) is 9.34. The van der Waals surface area contributed by atoms with E-state index in [1.54, 1.807) is 8.99 Å². The number of fused-ring (bicyclic) bond motifs is 2. The van der Waals surface area contributed by atoms with E-state index in [1.165, 1.54) is 0 Å². The number of nitrogens with zero attached hydrogens (tertiary/aromatic N) is 5. The predicted octanol–water partition coefficient (Wildman–Crippen LogP) is 2.01. The van der Waals surface area contributed by atoms with Crippen LogP contribution in [0.5, 0.6) is 0 Å². The molecule has 26 heavy (non-hydrogen) atoms. The molecule has 4 heterocycles. The summed E-state index contributed by atoms with van der Waals surface area (Å²) < 4.78 is 30.9. The largest absolute Gasteiger partial charge is 0.327 e. The Labute approximate surface area is 155 Å². The standard InChI is InChI=1S/C18H27N5O2S/c1-14(2)13-26(24,25)22-7-4-18(5-8-22)6-9-23-16(11-19-17(18)23)15-10-20-21(3)12-15/h10-12,14H,4-9,13H2,1-3H3. The van der Waals surface area contributed by atoms with Gasteiger partial charge in [0.25, 0.3) is 0 Å². The van der Waals surface area contributed by atoms with E-state index in [9.17, 15) is 8.42 Å². The van der Waals surface area contributed by atoms with E-state index in [0.717, 1.165) is 42.9 Å². The van der Waals surface area contributed by atoms with Gasteiger partial charge in [-0.25, -0.2) is 17.7 Å². The van der Waals surface area contributed by atoms with Gasteiger partial charge in [-0.2, -0.15) is 5.10 Å². The number of rotatable bonds is 4. The van der Waals surface area contributed by atoms with Crippen molar-refractivity contribution in [3.8, 4) is 11.3 Å². The Morgan fingerprint density at radius 3 is 2.46 bits per heavy atom. The first kappa shape index (κ1) is 17.7. The van der Waals surface area contributed by atoms with Crippen molar-refractivity contribution in [2.75, 3.05) is 18.8 Å². The number of hydrogen-bond donors (Lipinski definition) is 0. The molecule has 1 fully saturated rings. The fraction of sp³-hybridized carbons (Fsp3) is 0.667. The number of imidazole rings is 1. The highest BCUT2D eigenvalue weighted by Gasteiger charge is 2.45. The van der Waals surface area contributed by atoms with Gasteiger partial charge in [0.15, 0.2) is 0 Å². The Hall–Kier alpha value is -1.67. The molecular weight excluding hydrogens is 350 g/mol. The molecule has 142 valence electrons. The van der Waals surface area contributed by atoms with E-state index >= 15 is 0 Å². The van der Waals surface area contributed by atoms with Crippen LogP contribution >= 0.6 is 0 Å². The van der Waals surface area contributed by atoms with Gasteiger partial charge in [0.05, 0.1) is 23.8 Å². The van der Waals surface area contributed by atoms with Gasteiger partial charge in [-0.05, 0) is 25.2 Å². The summed E-state index contributed by atoms with van der Waals surface area (Å²) in [5, 5.41) is 4.26. The van der Waals surface area contributed by atoms with Gasteiger partial charge < -0.3 is 4.57 Å². The van der Waals surface area contributed by atoms with E-state index in [2.05, 4.69) is 9.67 Å². The fourth-order valence-corrected chi connectivity index (χ4v) is 6.23. The third-order valence-electron chi connectivity index (χ3n) is 5.76. The second-order valence-corrected chi connectivity index (χ2v) is 10.1. The Balaban J connectivity index is 1.55. The summed E-state index contributed by atoms with van der Waals surface area (Å²) in [4.78, 5) is 4.75. The van der Waals surface area contributed by atoms with Crippen LogP contribution in [0.3, 0.4) is 0 Å². The van der Waals surface area contributed by atoms with Gasteiger partial charge in [0.1, 0.15) is 5.82 Å². The average molecular weight is 378 g/mol. The van der Waals surface area contributed by atoms with E-state index in [-0.39, 0.29) is 17.1 Å². The van der Waals surface area contributed by atoms with E-state index in [1.807, 2.05) is 39.5 Å². The average Bonchev–Trinajstić information content (AvgIpc) is 3.25. The third kappa shape index (κ3) is 2.89. The molecule has 0 aromatic carbocycles. The molecule has 0 unspecified atom stereocenters. The molecule has 8 heteroatoms. The maximum absolute atomic E-state index is 12.5. The number of aromatic nitrogens is 4. The van der Waals surface area contributed by atoms with Crippen LogP contribution in [0.4, 0.5) is 0 Å². The summed E-state index contributed by atoms with van der Waals surface area (Å²) in [7, 11) is -1.23. The van der Waals surface area contributed by atoms with Crippen LogP contribution in [0.25, 0.3) is 11.3 Å². The van der Waals surface area contributed by atoms with Crippen molar-refractivity contribution in [3.05, 3.63) is 24.4 Å². The minimum Gasteiger partial charge on any atom is -0.327 e. The molecule has 2 aromatic rings. The van der Waals surface area contributed by atoms with Gasteiger partial charge in [-0.15, -0.1) is 0 Å². The summed E-state index contributed by atoms with van der Waals surface area (Å²) in [6.45, 7) is 6.06. The zero-order valence-electron chi connectivity index (χ0n) is 15.7. The molecule has 0 radical (unpaired) electrons. The Morgan fingerprint density at radius 1 is 1.15 bits per heavy atom. The highest BCUT2D eigenvalue weighted by molar-refractivity contribution is 7.89. The molecule has 2 aromatic heterocycles. The smallest absolute Gasteiger partial charge is 0.214 e. The predicted molar refractivity (Wildman–Crippen MR) is 100 cm³/mol. The molecule has 1 saturated heterocycles. The van der Waals surface area contributed by atoms with Crippen LogP contribution in [0.1, 0.15) is 38.9 Å². The molecule has 0 N–H and O–H groups in total. The lowest BCUT2D eigenvalue weighted by atomic mass is 9.77. The first-order chi connectivity index (χ1) is 12.3. The van der Waals surface area contributed by atoms with Crippen molar-refractivity contribution in [1.29, 1.82) is 0 Å². The molecule has 1 spiro atoms. The summed E-state index contributed by atoms with van der Waals surface area (Å²) in [5.41, 5.74) is 2.21. The summed E-state index contributed by atoms with van der Waals surface area (Å²) in [5.74, 6) is 1.51. The molecule has 0 saturated carbocycles. The van der Waals surface area contributed by atoms with Crippen molar-refractivity contribution >= 4 is 10.0 Å². The number of hydrogen-bond acceptors (Lipinski definition) is 4. The van der Waals surface area contributed by atoms with E-state index < -0.39 is 10.0 Å². The maximum Gasteiger partial charge on any atom is 0.214 e. The number of sulfonamides is 1. The molecule has 0 aliphatic carbocycles. The van der Waals surface area contributed by atoms with E-state index in [4.69, 9.17) is 4.98 Å². The Morgan fingerprint density at radius 2 is 1.85 bits per heavy atom. The quantitative estimate of drug-likeness (QED) is 0.817. The van der Waals surface area contributed by atoms with Crippen LogP contribution in [-0.4, -0.2) is 50.9 Å². The normalized spacial score (nSPS) is 20.2. The van der Waals surface area contributed by atoms with Gasteiger partial charge in [0.2, 0.25) is 10.0 Å². The zero-order chi connectivity index (χ0) is 18.5. The fourth-order valence-electron chi connectivity index (χ4n) is 4.44. The third-order valence-corrected chi connectivity index (χ3v) is 8.00. The molecule has 4 rings (SSSR count). The van der Waals surface area contributed by atoms with Gasteiger partial charge >= 0.3 is 0 Å². The van der Waals surface area contributed by atoms with Crippen LogP contribution in [0.2, 0.25) is 0 Å². The summed E-state index contributed by atoms with van der Waals surface area (Å²) >= 11 is 0. The SMILES string of the molecule is CC(C)CS(=O)(=O)N1CCC2(CC1)CCn1c(-c3cnn(C)c3)cnc12. The van der Waals surface area contributed by atoms with Gasteiger partial charge in [0, 0.05) is 43.9 Å². The first-order valence-corrected chi connectivity index (χ1v) is 10.9. The van der Waals surface area contributed by atoms with Crippen LogP contribution in [0, 0.1) is 5.92 Å². The van der Waals surface area contributed by atoms with Crippen molar-refractivity contribution in [2.45, 2.75) is 45.1 Å². The van der Waals surface area contributed by atoms with Crippen molar-refractivity contribution < 1.29 is 8.42 Å². The van der Waals surface area contributed by atoms with Gasteiger partial charge in [-0.1, -0.05) is 13.8 Å². The van der Waals surface area contributed by atoms with Gasteiger partial charge in [-0.3, -0.25) is 4.68 Å². The lowest BCUT2D eigenvalue weighted by molar-refractivity contribution is 0.227. The molecule has 2 aliphatic heterocycles. The lowest BCUT2D eigenvalue weighted by Gasteiger charge is -2.37. The van der Waals surface area contributed by atoms with Crippen molar-refractivity contribution in [2.24, 2.45) is 13.0 Å². The molecule has 0 atom stereocenters. The van der Waals surface area contributed by atoms with Crippen molar-refractivity contribution in [3.63, 3.8) is 0 Å². The lowest BCUT2D eigenvalue weighted by Crippen LogP contribution is -2.45. The minimum atomic E-state index is -3.15. The highest BCUT2D eigenvalue weighted by Crippen LogP contribution is 2.45. The van der Waals surface area contributed by atoms with Crippen LogP contribution in [-0.2, 0) is 29.0 Å². The summed E-state index contributed by atoms with van der Waals surface area (Å²) in [6, 6.07) is 0. The number of piperidine rings is 1. The maximum atomic E-state index is 12.5.